The highest BCUT2D eigenvalue weighted by Gasteiger charge is 2.20. The first kappa shape index (κ1) is 15.7. The Kier molecular flexibility index (Phi) is 3.29. The van der Waals surface area contributed by atoms with E-state index in [4.69, 9.17) is 8.83 Å². The van der Waals surface area contributed by atoms with E-state index in [2.05, 4.69) is 53.3 Å². The van der Waals surface area contributed by atoms with Crippen molar-refractivity contribution < 1.29 is 8.83 Å². The molecule has 0 amide bonds. The van der Waals surface area contributed by atoms with Crippen molar-refractivity contribution in [3.05, 3.63) is 34.0 Å². The number of fused-ring (bicyclic) bond motifs is 2. The third-order valence-electron chi connectivity index (χ3n) is 4.42. The zero-order chi connectivity index (χ0) is 18.0. The maximum absolute atomic E-state index is 5.77. The van der Waals surface area contributed by atoms with Crippen LogP contribution in [0.25, 0.3) is 42.7 Å². The molecule has 0 spiro atoms. The second-order valence-electron chi connectivity index (χ2n) is 6.24. The van der Waals surface area contributed by atoms with E-state index in [1.165, 1.54) is 36.2 Å². The molecule has 0 aliphatic heterocycles. The Morgan fingerprint density at radius 1 is 0.692 bits per heavy atom. The predicted octanol–water partition coefficient (Wildman–Crippen LogP) is 5.45. The maximum Gasteiger partial charge on any atom is 0.306 e. The highest BCUT2D eigenvalue weighted by molar-refractivity contribution is 7.23. The van der Waals surface area contributed by atoms with Crippen molar-refractivity contribution in [3.8, 4) is 22.5 Å². The van der Waals surface area contributed by atoms with E-state index < -0.39 is 0 Å². The van der Waals surface area contributed by atoms with Crippen LogP contribution >= 0.6 is 22.7 Å². The summed E-state index contributed by atoms with van der Waals surface area (Å²) < 4.78 is 13.7. The minimum Gasteiger partial charge on any atom is -0.417 e. The molecule has 0 saturated heterocycles. The third-order valence-corrected chi connectivity index (χ3v) is 6.83. The van der Waals surface area contributed by atoms with E-state index in [1.54, 1.807) is 18.3 Å². The van der Waals surface area contributed by atoms with Gasteiger partial charge in [0.2, 0.25) is 5.89 Å². The number of nitrogens with zero attached hydrogens (tertiary/aromatic N) is 4. The van der Waals surface area contributed by atoms with Crippen LogP contribution in [0.3, 0.4) is 0 Å². The Bertz CT molecular complexity index is 1230. The van der Waals surface area contributed by atoms with Crippen LogP contribution in [0.15, 0.2) is 21.0 Å². The summed E-state index contributed by atoms with van der Waals surface area (Å²) in [5.41, 5.74) is 2.60. The number of hydrogen-bond acceptors (Lipinski definition) is 8. The topological polar surface area (TPSA) is 77.8 Å². The Morgan fingerprint density at radius 3 is 2.04 bits per heavy atom. The summed E-state index contributed by atoms with van der Waals surface area (Å²) in [7, 11) is 0. The fourth-order valence-corrected chi connectivity index (χ4v) is 5.40. The minimum atomic E-state index is 0.239. The molecule has 0 unspecified atom stereocenters. The molecule has 0 atom stereocenters. The van der Waals surface area contributed by atoms with E-state index in [0.717, 1.165) is 4.88 Å². The van der Waals surface area contributed by atoms with Gasteiger partial charge in [0.25, 0.3) is 5.89 Å². The molecule has 0 saturated carbocycles. The van der Waals surface area contributed by atoms with Crippen molar-refractivity contribution >= 4 is 42.8 Å². The van der Waals surface area contributed by atoms with Crippen LogP contribution in [0.4, 0.5) is 0 Å². The van der Waals surface area contributed by atoms with Crippen LogP contribution < -0.4 is 0 Å². The number of aryl methyl sites for hydroxylation is 4. The van der Waals surface area contributed by atoms with Gasteiger partial charge in [-0.15, -0.1) is 43.1 Å². The Labute approximate surface area is 156 Å². The van der Waals surface area contributed by atoms with Gasteiger partial charge in [-0.05, 0) is 54.8 Å². The van der Waals surface area contributed by atoms with Gasteiger partial charge in [0.05, 0.1) is 4.88 Å². The predicted molar refractivity (Wildman–Crippen MR) is 103 cm³/mol. The summed E-state index contributed by atoms with van der Waals surface area (Å²) in [4.78, 5) is 2.27. The summed E-state index contributed by atoms with van der Waals surface area (Å²) in [6.07, 6.45) is 0. The highest BCUT2D eigenvalue weighted by atomic mass is 32.1. The summed E-state index contributed by atoms with van der Waals surface area (Å²) >= 11 is 3.51. The van der Waals surface area contributed by atoms with Gasteiger partial charge in [0.15, 0.2) is 0 Å². The average Bonchev–Trinajstić information content (AvgIpc) is 3.36. The van der Waals surface area contributed by atoms with E-state index in [9.17, 15) is 0 Å². The molecule has 1 aromatic carbocycles. The van der Waals surface area contributed by atoms with Crippen LogP contribution in [0.5, 0.6) is 0 Å². The van der Waals surface area contributed by atoms with Crippen LogP contribution in [0.2, 0.25) is 0 Å². The van der Waals surface area contributed by atoms with Gasteiger partial charge in [-0.3, -0.25) is 0 Å². The molecule has 0 fully saturated rings. The molecule has 130 valence electrons. The summed E-state index contributed by atoms with van der Waals surface area (Å²) in [5, 5.41) is 18.5. The van der Waals surface area contributed by atoms with E-state index >= 15 is 0 Å². The zero-order valence-corrected chi connectivity index (χ0v) is 16.2. The smallest absolute Gasteiger partial charge is 0.306 e. The molecule has 5 aromatic rings. The molecule has 8 heteroatoms. The quantitative estimate of drug-likeness (QED) is 0.404. The van der Waals surface area contributed by atoms with Crippen molar-refractivity contribution in [1.29, 1.82) is 0 Å². The second-order valence-corrected chi connectivity index (χ2v) is 8.55. The molecule has 0 aliphatic carbocycles. The molecule has 4 heterocycles. The zero-order valence-electron chi connectivity index (χ0n) is 14.6. The molecule has 5 rings (SSSR count). The largest absolute Gasteiger partial charge is 0.417 e. The number of aromatic nitrogens is 4. The Hall–Kier alpha value is -2.58. The lowest BCUT2D eigenvalue weighted by atomic mass is 10.0. The molecular formula is C18H14N4O2S2. The molecule has 4 aromatic heterocycles. The Balaban J connectivity index is 1.68. The van der Waals surface area contributed by atoms with Crippen LogP contribution in [0, 0.1) is 27.7 Å². The van der Waals surface area contributed by atoms with Gasteiger partial charge in [0, 0.05) is 21.2 Å². The maximum atomic E-state index is 5.77. The summed E-state index contributed by atoms with van der Waals surface area (Å²) in [6.45, 7) is 8.23. The van der Waals surface area contributed by atoms with Gasteiger partial charge in [-0.25, -0.2) is 0 Å². The standard InChI is InChI=1S/C18H14N4O2S2/c1-7-5-11-8(2)15-12(9(3)14(11)25-7)6-13(26-15)16-20-22-18(24-16)17-21-19-10(4)23-17/h5-6H,1-4H3. The minimum absolute atomic E-state index is 0.239. The molecule has 0 radical (unpaired) electrons. The lowest BCUT2D eigenvalue weighted by molar-refractivity contribution is 0.495. The Morgan fingerprint density at radius 2 is 1.31 bits per heavy atom. The van der Waals surface area contributed by atoms with E-state index in [1.807, 2.05) is 11.3 Å². The fourth-order valence-electron chi connectivity index (χ4n) is 3.16. The van der Waals surface area contributed by atoms with Crippen LogP contribution in [-0.2, 0) is 0 Å². The lowest BCUT2D eigenvalue weighted by Crippen LogP contribution is -1.79. The van der Waals surface area contributed by atoms with Gasteiger partial charge < -0.3 is 8.83 Å². The SMILES string of the molecule is Cc1nnc(-c2nnc(-c3cc4c(C)c5sc(C)cc5c(C)c4s3)o2)o1. The molecular weight excluding hydrogens is 368 g/mol. The average molecular weight is 382 g/mol. The summed E-state index contributed by atoms with van der Waals surface area (Å²) in [5.74, 6) is 1.41. The second kappa shape index (κ2) is 5.46. The van der Waals surface area contributed by atoms with Crippen molar-refractivity contribution in [3.63, 3.8) is 0 Å². The summed E-state index contributed by atoms with van der Waals surface area (Å²) in [6, 6.07) is 4.40. The first-order valence-electron chi connectivity index (χ1n) is 8.08. The number of benzene rings is 1. The van der Waals surface area contributed by atoms with Crippen molar-refractivity contribution in [2.75, 3.05) is 0 Å². The third kappa shape index (κ3) is 2.22. The molecule has 0 aliphatic rings. The van der Waals surface area contributed by atoms with Gasteiger partial charge in [-0.1, -0.05) is 0 Å². The normalized spacial score (nSPS) is 11.8. The number of thiophene rings is 2. The van der Waals surface area contributed by atoms with Crippen molar-refractivity contribution in [1.82, 2.24) is 20.4 Å². The molecule has 26 heavy (non-hydrogen) atoms. The number of hydrogen-bond donors (Lipinski definition) is 0. The van der Waals surface area contributed by atoms with Crippen LogP contribution in [-0.4, -0.2) is 20.4 Å². The first-order valence-corrected chi connectivity index (χ1v) is 9.72. The van der Waals surface area contributed by atoms with Crippen LogP contribution in [0.1, 0.15) is 21.9 Å². The van der Waals surface area contributed by atoms with E-state index in [-0.39, 0.29) is 11.8 Å². The lowest BCUT2D eigenvalue weighted by Gasteiger charge is -2.03. The first-order chi connectivity index (χ1) is 12.5. The van der Waals surface area contributed by atoms with E-state index in [0.29, 0.717) is 11.8 Å². The number of rotatable bonds is 2. The fraction of sp³-hybridized carbons (Fsp3) is 0.222. The van der Waals surface area contributed by atoms with Gasteiger partial charge in [0.1, 0.15) is 0 Å². The van der Waals surface area contributed by atoms with Crippen molar-refractivity contribution in [2.45, 2.75) is 27.7 Å². The molecule has 0 N–H and O–H groups in total. The van der Waals surface area contributed by atoms with Gasteiger partial charge in [-0.2, -0.15) is 0 Å². The van der Waals surface area contributed by atoms with Crippen molar-refractivity contribution in [2.24, 2.45) is 0 Å². The highest BCUT2D eigenvalue weighted by Crippen LogP contribution is 2.43. The monoisotopic (exact) mass is 382 g/mol. The molecule has 6 nitrogen and oxygen atoms in total. The van der Waals surface area contributed by atoms with Gasteiger partial charge >= 0.3 is 11.8 Å². The molecule has 0 bridgehead atoms.